The second kappa shape index (κ2) is 22.2. The van der Waals surface area contributed by atoms with E-state index >= 15 is 0 Å². The van der Waals surface area contributed by atoms with Crippen LogP contribution < -0.4 is 25.6 Å². The maximum Gasteiger partial charge on any atom is 0.328 e. The minimum absolute atomic E-state index is 0.0332. The van der Waals surface area contributed by atoms with Gasteiger partial charge in [0.25, 0.3) is 0 Å². The van der Waals surface area contributed by atoms with Crippen LogP contribution in [0, 0.1) is 30.1 Å². The standard InChI is InChI=1S/C57H70ClN7O5S/c1-35(51-30-43(34-71-51)44-11-7-6-10-42(44)33-59-3)60-54-46-31-45(50(70-5)32-48(46)61-36(2)62-54)38-12-14-40(15-13-38)55(68)64(4)27-8-9-37-18-23-57(24-19-37)25-20-39(21-26-57)53(67)41-16-17-47(58)49(29-41)65-28-22-52(66)63-56(65)69/h6-7,10-11,16-17,29-32,34-35,37-40,59H,8-9,12-15,18-28,33H2,1-5H3,(H,60,61,62)(H,63,66,69)/t35-,37?,38?,39?,40?,57?/m1/s1. The summed E-state index contributed by atoms with van der Waals surface area (Å²) in [5.74, 6) is 3.41. The molecule has 3 aromatic carbocycles. The molecular formula is C57H70ClN7O5S. The van der Waals surface area contributed by atoms with Gasteiger partial charge in [0, 0.05) is 66.8 Å². The van der Waals surface area contributed by atoms with Crippen LogP contribution in [-0.4, -0.2) is 72.8 Å². The quantitative estimate of drug-likeness (QED) is 0.0822. The Morgan fingerprint density at radius 1 is 0.958 bits per heavy atom. The van der Waals surface area contributed by atoms with Crippen molar-refractivity contribution in [3.8, 4) is 16.9 Å². The summed E-state index contributed by atoms with van der Waals surface area (Å²) in [4.78, 5) is 66.2. The number of carbonyl (C=O) groups is 4. The van der Waals surface area contributed by atoms with Gasteiger partial charge in [-0.25, -0.2) is 14.8 Å². The zero-order valence-corrected chi connectivity index (χ0v) is 43.7. The molecule has 0 bridgehead atoms. The topological polar surface area (TPSA) is 146 Å². The smallest absolute Gasteiger partial charge is 0.328 e. The van der Waals surface area contributed by atoms with Crippen LogP contribution in [0.3, 0.4) is 0 Å². The molecule has 2 aromatic heterocycles. The van der Waals surface area contributed by atoms with E-state index in [4.69, 9.17) is 26.3 Å². The first-order valence-corrected chi connectivity index (χ1v) is 27.2. The summed E-state index contributed by atoms with van der Waals surface area (Å²) in [7, 11) is 5.71. The summed E-state index contributed by atoms with van der Waals surface area (Å²) in [6.45, 7) is 5.97. The number of nitrogens with zero attached hydrogens (tertiary/aromatic N) is 4. The van der Waals surface area contributed by atoms with Crippen molar-refractivity contribution < 1.29 is 23.9 Å². The number of ketones is 1. The minimum atomic E-state index is -0.510. The van der Waals surface area contributed by atoms with Gasteiger partial charge < -0.3 is 20.3 Å². The molecule has 3 heterocycles. The largest absolute Gasteiger partial charge is 0.496 e. The number of aryl methyl sites for hydroxylation is 1. The number of rotatable bonds is 16. The first kappa shape index (κ1) is 50.6. The van der Waals surface area contributed by atoms with Gasteiger partial charge in [-0.2, -0.15) is 0 Å². The Balaban J connectivity index is 0.735. The van der Waals surface area contributed by atoms with Gasteiger partial charge in [-0.1, -0.05) is 35.9 Å². The Bertz CT molecular complexity index is 2750. The molecule has 1 spiro atoms. The summed E-state index contributed by atoms with van der Waals surface area (Å²) >= 11 is 8.23. The molecule has 3 N–H and O–H groups in total. The average molecular weight is 1000 g/mol. The van der Waals surface area contributed by atoms with Gasteiger partial charge in [-0.05, 0) is 186 Å². The summed E-state index contributed by atoms with van der Waals surface area (Å²) in [5, 5.41) is 13.0. The van der Waals surface area contributed by atoms with Crippen molar-refractivity contribution >= 4 is 69.0 Å². The lowest BCUT2D eigenvalue weighted by Crippen LogP contribution is -2.49. The Morgan fingerprint density at radius 3 is 2.44 bits per heavy atom. The van der Waals surface area contributed by atoms with Gasteiger partial charge in [0.1, 0.15) is 17.4 Å². The Kier molecular flexibility index (Phi) is 15.8. The van der Waals surface area contributed by atoms with Crippen molar-refractivity contribution in [1.29, 1.82) is 0 Å². The van der Waals surface area contributed by atoms with E-state index in [9.17, 15) is 19.2 Å². The van der Waals surface area contributed by atoms with Crippen LogP contribution in [0.15, 0.2) is 66.0 Å². The van der Waals surface area contributed by atoms with Crippen LogP contribution in [0.5, 0.6) is 5.75 Å². The van der Waals surface area contributed by atoms with Crippen LogP contribution in [0.1, 0.15) is 147 Å². The molecule has 1 aliphatic heterocycles. The fraction of sp³-hybridized carbons (Fsp3) is 0.509. The molecular weight excluding hydrogens is 930 g/mol. The fourth-order valence-electron chi connectivity index (χ4n) is 12.2. The number of amides is 4. The number of halogens is 1. The predicted molar refractivity (Wildman–Crippen MR) is 285 cm³/mol. The van der Waals surface area contributed by atoms with E-state index in [1.165, 1.54) is 52.2 Å². The van der Waals surface area contributed by atoms with Crippen LogP contribution in [0.25, 0.3) is 22.0 Å². The molecule has 376 valence electrons. The molecule has 71 heavy (non-hydrogen) atoms. The number of fused-ring (bicyclic) bond motifs is 1. The first-order valence-electron chi connectivity index (χ1n) is 26.0. The van der Waals surface area contributed by atoms with E-state index in [0.717, 1.165) is 105 Å². The van der Waals surface area contributed by atoms with Crippen molar-refractivity contribution in [2.75, 3.05) is 44.5 Å². The average Bonchev–Trinajstić information content (AvgIpc) is 3.88. The summed E-state index contributed by atoms with van der Waals surface area (Å²) in [5.41, 5.74) is 7.13. The number of benzene rings is 3. The normalized spacial score (nSPS) is 23.1. The van der Waals surface area contributed by atoms with E-state index in [1.807, 2.05) is 25.9 Å². The number of carbonyl (C=O) groups excluding carboxylic acids is 4. The Morgan fingerprint density at radius 2 is 1.70 bits per heavy atom. The van der Waals surface area contributed by atoms with Crippen molar-refractivity contribution in [3.63, 3.8) is 0 Å². The number of anilines is 2. The van der Waals surface area contributed by atoms with Gasteiger partial charge in [-0.15, -0.1) is 11.3 Å². The zero-order valence-electron chi connectivity index (χ0n) is 42.1. The molecule has 4 fully saturated rings. The maximum absolute atomic E-state index is 13.9. The van der Waals surface area contributed by atoms with E-state index in [1.54, 1.807) is 36.6 Å². The molecule has 0 radical (unpaired) electrons. The van der Waals surface area contributed by atoms with Gasteiger partial charge in [-0.3, -0.25) is 24.6 Å². The zero-order chi connectivity index (χ0) is 49.8. The molecule has 14 heteroatoms. The maximum atomic E-state index is 13.9. The number of methoxy groups -OCH3 is 1. The van der Waals surface area contributed by atoms with Crippen molar-refractivity contribution in [3.05, 3.63) is 98.5 Å². The highest BCUT2D eigenvalue weighted by molar-refractivity contribution is 7.10. The lowest BCUT2D eigenvalue weighted by molar-refractivity contribution is -0.135. The molecule has 3 saturated carbocycles. The summed E-state index contributed by atoms with van der Waals surface area (Å²) < 4.78 is 6.01. The molecule has 4 aliphatic rings. The van der Waals surface area contributed by atoms with Crippen LogP contribution >= 0.6 is 22.9 Å². The number of hydrogen-bond donors (Lipinski definition) is 3. The van der Waals surface area contributed by atoms with Gasteiger partial charge >= 0.3 is 6.03 Å². The third-order valence-electron chi connectivity index (χ3n) is 16.4. The van der Waals surface area contributed by atoms with Gasteiger partial charge in [0.05, 0.1) is 29.4 Å². The number of hydrogen-bond acceptors (Lipinski definition) is 10. The number of Topliss-reactive ketones (excluding diaryl/α,β-unsaturated/α-hetero) is 1. The van der Waals surface area contributed by atoms with E-state index in [-0.39, 0.29) is 54.4 Å². The highest BCUT2D eigenvalue weighted by Crippen LogP contribution is 2.51. The van der Waals surface area contributed by atoms with E-state index in [0.29, 0.717) is 33.4 Å². The number of ether oxygens (including phenoxy) is 1. The number of imide groups is 1. The number of urea groups is 1. The highest BCUT2D eigenvalue weighted by atomic mass is 35.5. The van der Waals surface area contributed by atoms with Gasteiger partial charge in [0.2, 0.25) is 11.8 Å². The number of aromatic nitrogens is 2. The number of nitrogens with one attached hydrogen (secondary N) is 3. The minimum Gasteiger partial charge on any atom is -0.496 e. The first-order chi connectivity index (χ1) is 34.3. The van der Waals surface area contributed by atoms with Crippen LogP contribution in [0.2, 0.25) is 5.02 Å². The lowest BCUT2D eigenvalue weighted by Gasteiger charge is -2.45. The number of thiophene rings is 1. The molecule has 12 nitrogen and oxygen atoms in total. The monoisotopic (exact) mass is 999 g/mol. The molecule has 5 aromatic rings. The molecule has 1 atom stereocenters. The van der Waals surface area contributed by atoms with E-state index < -0.39 is 6.03 Å². The van der Waals surface area contributed by atoms with E-state index in [2.05, 4.69) is 70.7 Å². The highest BCUT2D eigenvalue weighted by Gasteiger charge is 2.40. The molecule has 1 saturated heterocycles. The van der Waals surface area contributed by atoms with Crippen molar-refractivity contribution in [2.24, 2.45) is 23.2 Å². The second-order valence-electron chi connectivity index (χ2n) is 21.0. The Hall–Kier alpha value is -5.37. The third kappa shape index (κ3) is 11.3. The molecule has 9 rings (SSSR count). The third-order valence-corrected chi connectivity index (χ3v) is 17.8. The van der Waals surface area contributed by atoms with Gasteiger partial charge in [0.15, 0.2) is 5.78 Å². The van der Waals surface area contributed by atoms with Crippen molar-refractivity contribution in [1.82, 2.24) is 25.5 Å². The molecule has 4 amide bonds. The second-order valence-corrected chi connectivity index (χ2v) is 22.3. The Labute approximate surface area is 428 Å². The van der Waals surface area contributed by atoms with Crippen LogP contribution in [-0.2, 0) is 16.1 Å². The predicted octanol–water partition coefficient (Wildman–Crippen LogP) is 12.4. The molecule has 3 aliphatic carbocycles. The summed E-state index contributed by atoms with van der Waals surface area (Å²) in [6, 6.07) is 19.8. The molecule has 0 unspecified atom stereocenters. The lowest BCUT2D eigenvalue weighted by atomic mass is 9.60. The fourth-order valence-corrected chi connectivity index (χ4v) is 13.3. The van der Waals surface area contributed by atoms with Crippen LogP contribution in [0.4, 0.5) is 16.3 Å². The summed E-state index contributed by atoms with van der Waals surface area (Å²) in [6.07, 6.45) is 14.7. The SMILES string of the molecule is CNCc1ccccc1-c1csc([C@@H](C)Nc2nc(C)nc3cc(OC)c(C4CCC(C(=O)N(C)CCCC5CCC6(CC5)CCC(C(=O)c5ccc(Cl)c(N7CCC(=O)NC7=O)c5)CC6)CC4)cc23)c1. The van der Waals surface area contributed by atoms with Crippen molar-refractivity contribution in [2.45, 2.75) is 129 Å².